The van der Waals surface area contributed by atoms with Crippen molar-refractivity contribution in [3.8, 4) is 5.75 Å². The molecule has 1 aliphatic rings. The van der Waals surface area contributed by atoms with Gasteiger partial charge in [0.15, 0.2) is 0 Å². The molecule has 154 valence electrons. The van der Waals surface area contributed by atoms with Gasteiger partial charge in [-0.1, -0.05) is 72.8 Å². The lowest BCUT2D eigenvalue weighted by atomic mass is 9.80. The van der Waals surface area contributed by atoms with Gasteiger partial charge < -0.3 is 14.2 Å². The number of benzene rings is 3. The molecule has 0 radical (unpaired) electrons. The minimum absolute atomic E-state index is 0.202. The molecule has 0 N–H and O–H groups in total. The topological polar surface area (TPSA) is 44.8 Å². The van der Waals surface area contributed by atoms with Gasteiger partial charge in [-0.15, -0.1) is 0 Å². The number of methoxy groups -OCH3 is 2. The van der Waals surface area contributed by atoms with E-state index in [2.05, 4.69) is 24.3 Å². The Morgan fingerprint density at radius 3 is 1.73 bits per heavy atom. The number of carbonyl (C=O) groups excluding carboxylic acids is 1. The number of rotatable bonds is 8. The normalized spacial score (nSPS) is 14.7. The second kappa shape index (κ2) is 8.33. The first-order valence-electron chi connectivity index (χ1n) is 10.1. The smallest absolute Gasteiger partial charge is 0.314 e. The molecule has 0 bridgehead atoms. The number of hydrogen-bond acceptors (Lipinski definition) is 4. The van der Waals surface area contributed by atoms with E-state index in [-0.39, 0.29) is 12.6 Å². The van der Waals surface area contributed by atoms with Crippen LogP contribution in [0.3, 0.4) is 0 Å². The van der Waals surface area contributed by atoms with Crippen LogP contribution in [0.4, 0.5) is 0 Å². The van der Waals surface area contributed by atoms with Crippen molar-refractivity contribution < 1.29 is 19.0 Å². The third-order valence-electron chi connectivity index (χ3n) is 5.89. The summed E-state index contributed by atoms with van der Waals surface area (Å²) >= 11 is 0. The quantitative estimate of drug-likeness (QED) is 0.395. The van der Waals surface area contributed by atoms with Gasteiger partial charge >= 0.3 is 5.97 Å². The van der Waals surface area contributed by atoms with Crippen LogP contribution in [0.15, 0.2) is 84.9 Å². The fourth-order valence-corrected chi connectivity index (χ4v) is 3.94. The molecule has 1 saturated carbocycles. The Bertz CT molecular complexity index is 937. The third kappa shape index (κ3) is 3.59. The van der Waals surface area contributed by atoms with Crippen molar-refractivity contribution in [1.29, 1.82) is 0 Å². The zero-order chi connectivity index (χ0) is 21.0. The highest BCUT2D eigenvalue weighted by Gasteiger charge is 2.53. The molecule has 4 heteroatoms. The number of ether oxygens (including phenoxy) is 3. The van der Waals surface area contributed by atoms with Crippen molar-refractivity contribution in [2.45, 2.75) is 18.4 Å². The van der Waals surface area contributed by atoms with Crippen molar-refractivity contribution >= 4 is 5.97 Å². The summed E-state index contributed by atoms with van der Waals surface area (Å²) in [4.78, 5) is 12.4. The summed E-state index contributed by atoms with van der Waals surface area (Å²) in [6.07, 6.45) is 1.56. The summed E-state index contributed by atoms with van der Waals surface area (Å²) in [5, 5.41) is 0. The van der Waals surface area contributed by atoms with Crippen LogP contribution in [0.5, 0.6) is 5.75 Å². The van der Waals surface area contributed by atoms with Gasteiger partial charge in [0.05, 0.1) is 26.2 Å². The highest BCUT2D eigenvalue weighted by atomic mass is 16.5. The Morgan fingerprint density at radius 1 is 0.800 bits per heavy atom. The van der Waals surface area contributed by atoms with E-state index in [9.17, 15) is 4.79 Å². The lowest BCUT2D eigenvalue weighted by molar-refractivity contribution is -0.151. The van der Waals surface area contributed by atoms with E-state index in [4.69, 9.17) is 14.2 Å². The van der Waals surface area contributed by atoms with Crippen LogP contribution in [0.2, 0.25) is 0 Å². The van der Waals surface area contributed by atoms with Crippen LogP contribution in [0.25, 0.3) is 0 Å². The fourth-order valence-electron chi connectivity index (χ4n) is 3.94. The molecule has 0 unspecified atom stereocenters. The molecular formula is C26H26O4. The van der Waals surface area contributed by atoms with E-state index >= 15 is 0 Å². The Kier molecular flexibility index (Phi) is 5.60. The first-order valence-corrected chi connectivity index (χ1v) is 10.1. The lowest BCUT2D eigenvalue weighted by Crippen LogP contribution is -2.36. The van der Waals surface area contributed by atoms with Crippen LogP contribution in [0.1, 0.15) is 29.5 Å². The fraction of sp³-hybridized carbons (Fsp3) is 0.269. The van der Waals surface area contributed by atoms with Gasteiger partial charge in [-0.25, -0.2) is 0 Å². The molecular weight excluding hydrogens is 376 g/mol. The van der Waals surface area contributed by atoms with Gasteiger partial charge in [0, 0.05) is 0 Å². The molecule has 0 spiro atoms. The maximum Gasteiger partial charge on any atom is 0.314 e. The Balaban J connectivity index is 1.86. The second-order valence-electron chi connectivity index (χ2n) is 7.70. The molecule has 1 fully saturated rings. The van der Waals surface area contributed by atoms with Crippen LogP contribution in [-0.2, 0) is 19.9 Å². The van der Waals surface area contributed by atoms with Crippen molar-refractivity contribution in [2.75, 3.05) is 20.8 Å². The van der Waals surface area contributed by atoms with Gasteiger partial charge in [0.1, 0.15) is 11.4 Å². The summed E-state index contributed by atoms with van der Waals surface area (Å²) in [5.74, 6) is 0.578. The average molecular weight is 402 g/mol. The molecule has 0 amide bonds. The van der Waals surface area contributed by atoms with Crippen LogP contribution in [-0.4, -0.2) is 26.8 Å². The Hall–Kier alpha value is -3.11. The number of hydrogen-bond donors (Lipinski definition) is 0. The molecule has 0 saturated heterocycles. The maximum atomic E-state index is 12.4. The molecule has 0 aliphatic heterocycles. The standard InChI is InChI=1S/C26H26O4/c1-28-23-15-13-22(14-16-23)26(20-9-5-3-6-10-20,21-11-7-4-8-12-21)30-19-25(17-18-25)24(27)29-2/h3-16H,17-19H2,1-2H3. The predicted octanol–water partition coefficient (Wildman–Crippen LogP) is 4.96. The zero-order valence-electron chi connectivity index (χ0n) is 17.3. The van der Waals surface area contributed by atoms with E-state index < -0.39 is 11.0 Å². The summed E-state index contributed by atoms with van der Waals surface area (Å²) in [6.45, 7) is 0.287. The molecule has 0 atom stereocenters. The Labute approximate surface area is 177 Å². The molecule has 1 aliphatic carbocycles. The maximum absolute atomic E-state index is 12.4. The van der Waals surface area contributed by atoms with E-state index in [0.29, 0.717) is 0 Å². The minimum Gasteiger partial charge on any atom is -0.497 e. The second-order valence-corrected chi connectivity index (χ2v) is 7.70. The molecule has 4 nitrogen and oxygen atoms in total. The van der Waals surface area contributed by atoms with Gasteiger partial charge in [-0.2, -0.15) is 0 Å². The summed E-state index contributed by atoms with van der Waals surface area (Å²) in [5.41, 5.74) is 1.56. The van der Waals surface area contributed by atoms with Gasteiger partial charge in [0.2, 0.25) is 0 Å². The van der Waals surface area contributed by atoms with Gasteiger partial charge in [-0.3, -0.25) is 4.79 Å². The highest BCUT2D eigenvalue weighted by molar-refractivity contribution is 5.79. The molecule has 0 aromatic heterocycles. The highest BCUT2D eigenvalue weighted by Crippen LogP contribution is 2.50. The minimum atomic E-state index is -0.863. The first-order chi connectivity index (χ1) is 14.6. The molecule has 30 heavy (non-hydrogen) atoms. The average Bonchev–Trinajstić information content (AvgIpc) is 3.62. The summed E-state index contributed by atoms with van der Waals surface area (Å²) in [7, 11) is 3.09. The van der Waals surface area contributed by atoms with Gasteiger partial charge in [0.25, 0.3) is 0 Å². The van der Waals surface area contributed by atoms with E-state index in [0.717, 1.165) is 35.3 Å². The van der Waals surface area contributed by atoms with E-state index in [1.807, 2.05) is 60.7 Å². The van der Waals surface area contributed by atoms with Crippen molar-refractivity contribution in [3.63, 3.8) is 0 Å². The third-order valence-corrected chi connectivity index (χ3v) is 5.89. The summed E-state index contributed by atoms with van der Waals surface area (Å²) in [6, 6.07) is 28.2. The van der Waals surface area contributed by atoms with Crippen molar-refractivity contribution in [2.24, 2.45) is 5.41 Å². The van der Waals surface area contributed by atoms with Crippen molar-refractivity contribution in [1.82, 2.24) is 0 Å². The monoisotopic (exact) mass is 402 g/mol. The van der Waals surface area contributed by atoms with E-state index in [1.165, 1.54) is 7.11 Å². The van der Waals surface area contributed by atoms with Crippen LogP contribution in [0, 0.1) is 5.41 Å². The summed E-state index contributed by atoms with van der Waals surface area (Å²) < 4.78 is 17.2. The first kappa shape index (κ1) is 20.2. The molecule has 0 heterocycles. The molecule has 4 rings (SSSR count). The largest absolute Gasteiger partial charge is 0.497 e. The molecule has 3 aromatic rings. The van der Waals surface area contributed by atoms with E-state index in [1.54, 1.807) is 7.11 Å². The van der Waals surface area contributed by atoms with Gasteiger partial charge in [-0.05, 0) is 41.7 Å². The Morgan fingerprint density at radius 2 is 1.30 bits per heavy atom. The van der Waals surface area contributed by atoms with Crippen molar-refractivity contribution in [3.05, 3.63) is 102 Å². The SMILES string of the molecule is COC(=O)C1(COC(c2ccccc2)(c2ccccc2)c2ccc(OC)cc2)CC1. The number of carbonyl (C=O) groups is 1. The number of esters is 1. The molecule has 3 aromatic carbocycles. The lowest BCUT2D eigenvalue weighted by Gasteiger charge is -2.37. The van der Waals surface area contributed by atoms with Crippen LogP contribution >= 0.6 is 0 Å². The predicted molar refractivity (Wildman–Crippen MR) is 115 cm³/mol. The van der Waals surface area contributed by atoms with Crippen LogP contribution < -0.4 is 4.74 Å². The zero-order valence-corrected chi connectivity index (χ0v) is 17.3.